The molecule has 1 saturated heterocycles. The molecule has 0 unspecified atom stereocenters. The molecule has 1 aliphatic heterocycles. The number of thioether (sulfide) groups is 1. The van der Waals surface area contributed by atoms with E-state index in [-0.39, 0.29) is 0 Å². The van der Waals surface area contributed by atoms with Gasteiger partial charge in [-0.2, -0.15) is 0 Å². The third kappa shape index (κ3) is 6.58. The molecule has 0 radical (unpaired) electrons. The number of piperidine rings is 1. The molecule has 2 amide bonds. The molecule has 0 aliphatic carbocycles. The maximum Gasteiger partial charge on any atom is 0.337 e. The summed E-state index contributed by atoms with van der Waals surface area (Å²) in [5, 5.41) is 5.29. The largest absolute Gasteiger partial charge is 0.465 e. The van der Waals surface area contributed by atoms with Crippen molar-refractivity contribution in [1.29, 1.82) is 0 Å². The molecule has 2 aromatic carbocycles. The van der Waals surface area contributed by atoms with E-state index in [1.54, 1.807) is 23.9 Å². The summed E-state index contributed by atoms with van der Waals surface area (Å²) in [5.74, 6) is -1.47. The van der Waals surface area contributed by atoms with Crippen LogP contribution in [0.4, 0.5) is 5.69 Å². The van der Waals surface area contributed by atoms with E-state index >= 15 is 0 Å². The third-order valence-electron chi connectivity index (χ3n) is 5.62. The maximum absolute atomic E-state index is 12.2. The van der Waals surface area contributed by atoms with Gasteiger partial charge in [0.1, 0.15) is 0 Å². The summed E-state index contributed by atoms with van der Waals surface area (Å²) in [5.41, 5.74) is 2.16. The fraction of sp³-hybridized carbons (Fsp3) is 0.375. The van der Waals surface area contributed by atoms with Crippen LogP contribution in [0, 0.1) is 5.92 Å². The topological polar surface area (TPSA) is 87.7 Å². The number of methoxy groups -OCH3 is 1. The van der Waals surface area contributed by atoms with E-state index in [2.05, 4.69) is 50.8 Å². The first kappa shape index (κ1) is 23.8. The second-order valence-electron chi connectivity index (χ2n) is 7.76. The van der Waals surface area contributed by atoms with Crippen molar-refractivity contribution in [2.24, 2.45) is 5.92 Å². The molecular weight excluding hydrogens is 426 g/mol. The van der Waals surface area contributed by atoms with Gasteiger partial charge in [0.2, 0.25) is 0 Å². The molecule has 3 rings (SSSR count). The van der Waals surface area contributed by atoms with Crippen molar-refractivity contribution in [3.05, 3.63) is 59.7 Å². The van der Waals surface area contributed by atoms with Crippen LogP contribution in [0.3, 0.4) is 0 Å². The van der Waals surface area contributed by atoms with E-state index in [0.29, 0.717) is 23.7 Å². The Morgan fingerprint density at radius 1 is 1.03 bits per heavy atom. The predicted molar refractivity (Wildman–Crippen MR) is 126 cm³/mol. The Morgan fingerprint density at radius 3 is 2.38 bits per heavy atom. The average Bonchev–Trinajstić information content (AvgIpc) is 2.83. The van der Waals surface area contributed by atoms with Crippen LogP contribution in [0.2, 0.25) is 0 Å². The van der Waals surface area contributed by atoms with Crippen molar-refractivity contribution in [3.8, 4) is 0 Å². The smallest absolute Gasteiger partial charge is 0.337 e. The highest BCUT2D eigenvalue weighted by Gasteiger charge is 2.22. The number of amides is 2. The molecule has 32 heavy (non-hydrogen) atoms. The molecule has 0 saturated carbocycles. The summed E-state index contributed by atoms with van der Waals surface area (Å²) in [4.78, 5) is 39.5. The predicted octanol–water partition coefficient (Wildman–Crippen LogP) is 3.16. The summed E-state index contributed by atoms with van der Waals surface area (Å²) in [6.07, 6.45) is 4.07. The minimum absolute atomic E-state index is 0.359. The van der Waals surface area contributed by atoms with Gasteiger partial charge in [0.15, 0.2) is 0 Å². The number of likely N-dealkylation sites (tertiary alicyclic amines) is 1. The first-order chi connectivity index (χ1) is 15.5. The Balaban J connectivity index is 1.40. The van der Waals surface area contributed by atoms with Gasteiger partial charge in [0.25, 0.3) is 0 Å². The molecule has 8 heteroatoms. The molecule has 170 valence electrons. The average molecular weight is 456 g/mol. The standard InChI is InChI=1S/C24H29N3O4S/c1-31-24(30)18-7-9-20(10-8-18)26-23(29)22(28)25-15-17-11-13-27(14-12-17)16-19-5-3-4-6-21(19)32-2/h3-10,17H,11-16H2,1-2H3,(H,25,28)(H,26,29). The number of hydrogen-bond acceptors (Lipinski definition) is 6. The van der Waals surface area contributed by atoms with Gasteiger partial charge in [-0.3, -0.25) is 14.5 Å². The van der Waals surface area contributed by atoms with Crippen molar-refractivity contribution in [3.63, 3.8) is 0 Å². The van der Waals surface area contributed by atoms with Gasteiger partial charge in [-0.15, -0.1) is 11.8 Å². The molecule has 1 heterocycles. The fourth-order valence-electron chi connectivity index (χ4n) is 3.74. The lowest BCUT2D eigenvalue weighted by molar-refractivity contribution is -0.136. The van der Waals surface area contributed by atoms with Crippen molar-refractivity contribution in [2.45, 2.75) is 24.3 Å². The van der Waals surface area contributed by atoms with Gasteiger partial charge in [-0.25, -0.2) is 4.79 Å². The van der Waals surface area contributed by atoms with Crippen molar-refractivity contribution < 1.29 is 19.1 Å². The Morgan fingerprint density at radius 2 is 1.72 bits per heavy atom. The fourth-order valence-corrected chi connectivity index (χ4v) is 4.35. The van der Waals surface area contributed by atoms with Crippen molar-refractivity contribution >= 4 is 35.2 Å². The van der Waals surface area contributed by atoms with Crippen LogP contribution in [0.15, 0.2) is 53.4 Å². The number of anilines is 1. The first-order valence-corrected chi connectivity index (χ1v) is 11.8. The number of esters is 1. The van der Waals surface area contributed by atoms with Gasteiger partial charge in [0.05, 0.1) is 12.7 Å². The minimum atomic E-state index is -0.720. The second kappa shape index (κ2) is 11.7. The summed E-state index contributed by atoms with van der Waals surface area (Å²) < 4.78 is 4.64. The number of carbonyl (C=O) groups is 3. The number of rotatable bonds is 7. The maximum atomic E-state index is 12.2. The molecule has 0 bridgehead atoms. The van der Waals surface area contributed by atoms with Crippen molar-refractivity contribution in [1.82, 2.24) is 10.2 Å². The lowest BCUT2D eigenvalue weighted by atomic mass is 9.96. The number of nitrogens with one attached hydrogen (secondary N) is 2. The van der Waals surface area contributed by atoms with E-state index in [9.17, 15) is 14.4 Å². The summed E-state index contributed by atoms with van der Waals surface area (Å²) in [6, 6.07) is 14.7. The van der Waals surface area contributed by atoms with E-state index in [1.165, 1.54) is 29.7 Å². The summed E-state index contributed by atoms with van der Waals surface area (Å²) in [7, 11) is 1.30. The molecule has 7 nitrogen and oxygen atoms in total. The number of benzene rings is 2. The normalized spacial score (nSPS) is 14.6. The highest BCUT2D eigenvalue weighted by molar-refractivity contribution is 7.98. The SMILES string of the molecule is COC(=O)c1ccc(NC(=O)C(=O)NCC2CCN(Cc3ccccc3SC)CC2)cc1. The second-order valence-corrected chi connectivity index (χ2v) is 8.61. The van der Waals surface area contributed by atoms with Crippen LogP contribution < -0.4 is 10.6 Å². The van der Waals surface area contributed by atoms with Gasteiger partial charge in [-0.05, 0) is 74.0 Å². The number of hydrogen-bond donors (Lipinski definition) is 2. The molecule has 0 atom stereocenters. The van der Waals surface area contributed by atoms with Crippen LogP contribution >= 0.6 is 11.8 Å². The Kier molecular flexibility index (Phi) is 8.70. The van der Waals surface area contributed by atoms with Crippen LogP contribution in [-0.4, -0.2) is 55.7 Å². The zero-order chi connectivity index (χ0) is 22.9. The third-order valence-corrected chi connectivity index (χ3v) is 6.45. The molecule has 1 aliphatic rings. The van der Waals surface area contributed by atoms with E-state index in [0.717, 1.165) is 32.5 Å². The highest BCUT2D eigenvalue weighted by Crippen LogP contribution is 2.24. The Hall–Kier alpha value is -2.84. The van der Waals surface area contributed by atoms with Crippen LogP contribution in [-0.2, 0) is 20.9 Å². The van der Waals surface area contributed by atoms with Gasteiger partial charge in [-0.1, -0.05) is 18.2 Å². The zero-order valence-corrected chi connectivity index (χ0v) is 19.2. The van der Waals surface area contributed by atoms with E-state index in [4.69, 9.17) is 0 Å². The number of ether oxygens (including phenoxy) is 1. The van der Waals surface area contributed by atoms with Gasteiger partial charge < -0.3 is 15.4 Å². The molecular formula is C24H29N3O4S. The van der Waals surface area contributed by atoms with Crippen LogP contribution in [0.25, 0.3) is 0 Å². The Bertz CT molecular complexity index is 941. The highest BCUT2D eigenvalue weighted by atomic mass is 32.2. The van der Waals surface area contributed by atoms with Gasteiger partial charge >= 0.3 is 17.8 Å². The number of nitrogens with zero attached hydrogens (tertiary/aromatic N) is 1. The van der Waals surface area contributed by atoms with Crippen molar-refractivity contribution in [2.75, 3.05) is 38.3 Å². The summed E-state index contributed by atoms with van der Waals surface area (Å²) >= 11 is 1.77. The van der Waals surface area contributed by atoms with E-state index in [1.807, 2.05) is 0 Å². The lowest BCUT2D eigenvalue weighted by Crippen LogP contribution is -2.41. The first-order valence-electron chi connectivity index (χ1n) is 10.6. The monoisotopic (exact) mass is 455 g/mol. The van der Waals surface area contributed by atoms with Gasteiger partial charge in [0, 0.05) is 23.7 Å². The molecule has 1 fully saturated rings. The molecule has 2 aromatic rings. The Labute approximate surface area is 192 Å². The quantitative estimate of drug-likeness (QED) is 0.379. The molecule has 0 spiro atoms. The van der Waals surface area contributed by atoms with Crippen LogP contribution in [0.5, 0.6) is 0 Å². The zero-order valence-electron chi connectivity index (χ0n) is 18.4. The van der Waals surface area contributed by atoms with Crippen LogP contribution in [0.1, 0.15) is 28.8 Å². The minimum Gasteiger partial charge on any atom is -0.465 e. The van der Waals surface area contributed by atoms with E-state index < -0.39 is 17.8 Å². The lowest BCUT2D eigenvalue weighted by Gasteiger charge is -2.32. The number of carbonyl (C=O) groups excluding carboxylic acids is 3. The summed E-state index contributed by atoms with van der Waals surface area (Å²) in [6.45, 7) is 3.38. The molecule has 2 N–H and O–H groups in total. The molecule has 0 aromatic heterocycles.